The lowest BCUT2D eigenvalue weighted by Gasteiger charge is -2.35. The van der Waals surface area contributed by atoms with Crippen molar-refractivity contribution in [3.63, 3.8) is 0 Å². The zero-order valence-electron chi connectivity index (χ0n) is 8.41. The molecule has 0 atom stereocenters. The summed E-state index contributed by atoms with van der Waals surface area (Å²) >= 11 is 0. The Morgan fingerprint density at radius 1 is 1.25 bits per heavy atom. The van der Waals surface area contributed by atoms with E-state index in [1.54, 1.807) is 0 Å². The summed E-state index contributed by atoms with van der Waals surface area (Å²) in [6.07, 6.45) is 0.124. The molecule has 0 bridgehead atoms. The molecule has 5 heteroatoms. The van der Waals surface area contributed by atoms with E-state index in [1.807, 2.05) is 0 Å². The number of amides is 1. The molecule has 0 aliphatic heterocycles. The second-order valence-corrected chi connectivity index (χ2v) is 4.02. The van der Waals surface area contributed by atoms with Gasteiger partial charge in [-0.3, -0.25) is 0 Å². The van der Waals surface area contributed by atoms with E-state index in [2.05, 4.69) is 5.32 Å². The molecular formula is C11H11F2NO2. The van der Waals surface area contributed by atoms with Crippen LogP contribution in [0, 0.1) is 11.6 Å². The van der Waals surface area contributed by atoms with Gasteiger partial charge >= 0.3 is 6.09 Å². The Labute approximate surface area is 91.1 Å². The van der Waals surface area contributed by atoms with Crippen molar-refractivity contribution in [1.82, 2.24) is 5.32 Å². The normalized spacial score (nSPS) is 23.6. The molecule has 2 N–H and O–H groups in total. The number of hydrogen-bond donors (Lipinski definition) is 2. The summed E-state index contributed by atoms with van der Waals surface area (Å²) in [5, 5.41) is 10.8. The van der Waals surface area contributed by atoms with Crippen molar-refractivity contribution in [2.45, 2.75) is 24.8 Å². The van der Waals surface area contributed by atoms with Crippen LogP contribution in [-0.2, 0) is 0 Å². The number of halogens is 2. The Bertz CT molecular complexity index is 396. The van der Waals surface area contributed by atoms with Crippen LogP contribution in [0.1, 0.15) is 24.3 Å². The number of nitrogens with one attached hydrogen (secondary N) is 1. The predicted octanol–water partition coefficient (Wildman–Crippen LogP) is 2.48. The van der Waals surface area contributed by atoms with Gasteiger partial charge < -0.3 is 10.4 Å². The van der Waals surface area contributed by atoms with Gasteiger partial charge in [-0.25, -0.2) is 13.6 Å². The van der Waals surface area contributed by atoms with Gasteiger partial charge in [0.2, 0.25) is 0 Å². The Hall–Kier alpha value is -1.65. The molecule has 0 aromatic heterocycles. The molecular weight excluding hydrogens is 216 g/mol. The van der Waals surface area contributed by atoms with Crippen molar-refractivity contribution in [3.05, 3.63) is 35.4 Å². The molecule has 1 aliphatic carbocycles. The minimum Gasteiger partial charge on any atom is -0.465 e. The molecule has 0 heterocycles. The Kier molecular flexibility index (Phi) is 2.77. The fourth-order valence-electron chi connectivity index (χ4n) is 1.99. The zero-order chi connectivity index (χ0) is 11.7. The third-order valence-electron chi connectivity index (χ3n) is 2.82. The summed E-state index contributed by atoms with van der Waals surface area (Å²) in [5.74, 6) is -1.14. The second kappa shape index (κ2) is 4.08. The maximum absolute atomic E-state index is 12.9. The van der Waals surface area contributed by atoms with E-state index < -0.39 is 17.7 Å². The zero-order valence-corrected chi connectivity index (χ0v) is 8.41. The van der Waals surface area contributed by atoms with Gasteiger partial charge in [-0.15, -0.1) is 0 Å². The first-order valence-electron chi connectivity index (χ1n) is 5.00. The Morgan fingerprint density at radius 3 is 2.31 bits per heavy atom. The van der Waals surface area contributed by atoms with Gasteiger partial charge in [0.1, 0.15) is 11.6 Å². The summed E-state index contributed by atoms with van der Waals surface area (Å²) in [6.45, 7) is 0. The van der Waals surface area contributed by atoms with Crippen LogP contribution >= 0.6 is 0 Å². The van der Waals surface area contributed by atoms with E-state index in [0.717, 1.165) is 6.07 Å². The smallest absolute Gasteiger partial charge is 0.404 e. The van der Waals surface area contributed by atoms with Gasteiger partial charge in [0.25, 0.3) is 0 Å². The maximum Gasteiger partial charge on any atom is 0.404 e. The van der Waals surface area contributed by atoms with E-state index >= 15 is 0 Å². The minimum atomic E-state index is -1.06. The lowest BCUT2D eigenvalue weighted by atomic mass is 9.76. The molecule has 2 rings (SSSR count). The number of benzene rings is 1. The first kappa shape index (κ1) is 10.9. The first-order chi connectivity index (χ1) is 7.54. The molecule has 0 saturated heterocycles. The molecule has 1 aromatic rings. The highest BCUT2D eigenvalue weighted by atomic mass is 19.1. The molecule has 3 nitrogen and oxygen atoms in total. The van der Waals surface area contributed by atoms with Gasteiger partial charge in [-0.05, 0) is 36.5 Å². The first-order valence-corrected chi connectivity index (χ1v) is 5.00. The number of carboxylic acid groups (broad SMARTS) is 1. The molecule has 1 saturated carbocycles. The largest absolute Gasteiger partial charge is 0.465 e. The average Bonchev–Trinajstić information content (AvgIpc) is 2.08. The molecule has 0 spiro atoms. The van der Waals surface area contributed by atoms with Gasteiger partial charge in [-0.2, -0.15) is 0 Å². The molecule has 1 amide bonds. The van der Waals surface area contributed by atoms with Crippen LogP contribution in [0.25, 0.3) is 0 Å². The highest BCUT2D eigenvalue weighted by Crippen LogP contribution is 2.37. The minimum absolute atomic E-state index is 0.0436. The van der Waals surface area contributed by atoms with E-state index in [0.29, 0.717) is 18.4 Å². The number of rotatable bonds is 2. The quantitative estimate of drug-likeness (QED) is 0.815. The molecule has 16 heavy (non-hydrogen) atoms. The third-order valence-corrected chi connectivity index (χ3v) is 2.82. The van der Waals surface area contributed by atoms with E-state index in [-0.39, 0.29) is 12.0 Å². The van der Waals surface area contributed by atoms with Crippen LogP contribution in [0.2, 0.25) is 0 Å². The number of hydrogen-bond acceptors (Lipinski definition) is 1. The van der Waals surface area contributed by atoms with Crippen LogP contribution in [0.5, 0.6) is 0 Å². The van der Waals surface area contributed by atoms with Crippen molar-refractivity contribution < 1.29 is 18.7 Å². The fourth-order valence-corrected chi connectivity index (χ4v) is 1.99. The number of carbonyl (C=O) groups is 1. The molecule has 1 aliphatic rings. The monoisotopic (exact) mass is 227 g/mol. The summed E-state index contributed by atoms with van der Waals surface area (Å²) in [5.41, 5.74) is 0.598. The van der Waals surface area contributed by atoms with Crippen LogP contribution in [0.15, 0.2) is 18.2 Å². The van der Waals surface area contributed by atoms with Gasteiger partial charge in [0.05, 0.1) is 0 Å². The van der Waals surface area contributed by atoms with Crippen LogP contribution in [0.4, 0.5) is 13.6 Å². The lowest BCUT2D eigenvalue weighted by molar-refractivity contribution is 0.178. The van der Waals surface area contributed by atoms with Crippen LogP contribution in [0.3, 0.4) is 0 Å². The average molecular weight is 227 g/mol. The van der Waals surface area contributed by atoms with Gasteiger partial charge in [0, 0.05) is 12.1 Å². The predicted molar refractivity (Wildman–Crippen MR) is 53.3 cm³/mol. The van der Waals surface area contributed by atoms with E-state index in [4.69, 9.17) is 5.11 Å². The molecule has 86 valence electrons. The van der Waals surface area contributed by atoms with E-state index in [9.17, 15) is 13.6 Å². The highest BCUT2D eigenvalue weighted by Gasteiger charge is 2.31. The van der Waals surface area contributed by atoms with Gasteiger partial charge in [0.15, 0.2) is 0 Å². The molecule has 0 radical (unpaired) electrons. The lowest BCUT2D eigenvalue weighted by Crippen LogP contribution is -2.42. The Balaban J connectivity index is 1.98. The highest BCUT2D eigenvalue weighted by molar-refractivity contribution is 5.65. The summed E-state index contributed by atoms with van der Waals surface area (Å²) in [7, 11) is 0. The summed E-state index contributed by atoms with van der Waals surface area (Å²) < 4.78 is 25.8. The topological polar surface area (TPSA) is 49.3 Å². The molecule has 1 fully saturated rings. The van der Waals surface area contributed by atoms with Crippen molar-refractivity contribution >= 4 is 6.09 Å². The fraction of sp³-hybridized carbons (Fsp3) is 0.364. The van der Waals surface area contributed by atoms with Crippen molar-refractivity contribution in [1.29, 1.82) is 0 Å². The molecule has 1 aromatic carbocycles. The van der Waals surface area contributed by atoms with Crippen molar-refractivity contribution in [2.75, 3.05) is 0 Å². The van der Waals surface area contributed by atoms with Crippen molar-refractivity contribution in [3.8, 4) is 0 Å². The maximum atomic E-state index is 12.9. The second-order valence-electron chi connectivity index (χ2n) is 4.02. The van der Waals surface area contributed by atoms with E-state index in [1.165, 1.54) is 12.1 Å². The summed E-state index contributed by atoms with van der Waals surface area (Å²) in [6, 6.07) is 3.32. The van der Waals surface area contributed by atoms with Crippen molar-refractivity contribution in [2.24, 2.45) is 0 Å². The third kappa shape index (κ3) is 2.29. The SMILES string of the molecule is O=C(O)NC1CC(c2cc(F)cc(F)c2)C1. The Morgan fingerprint density at radius 2 is 1.81 bits per heavy atom. The van der Waals surface area contributed by atoms with Crippen LogP contribution < -0.4 is 5.32 Å². The standard InChI is InChI=1S/C11H11F2NO2/c12-8-1-6(2-9(13)5-8)7-3-10(4-7)14-11(15)16/h1-2,5,7,10,14H,3-4H2,(H,15,16). The summed E-state index contributed by atoms with van der Waals surface area (Å²) in [4.78, 5) is 10.3. The van der Waals surface area contributed by atoms with Crippen LogP contribution in [-0.4, -0.2) is 17.2 Å². The van der Waals surface area contributed by atoms with Gasteiger partial charge in [-0.1, -0.05) is 0 Å². The molecule has 0 unspecified atom stereocenters.